The number of carbonyl (C=O) groups is 3. The monoisotopic (exact) mass is 349 g/mol. The lowest BCUT2D eigenvalue weighted by Gasteiger charge is -2.17. The summed E-state index contributed by atoms with van der Waals surface area (Å²) < 4.78 is 5.42. The Bertz CT molecular complexity index is 959. The van der Waals surface area contributed by atoms with Crippen molar-refractivity contribution in [2.45, 2.75) is 0 Å². The van der Waals surface area contributed by atoms with Gasteiger partial charge in [0.1, 0.15) is 4.88 Å². The second-order valence-corrected chi connectivity index (χ2v) is 6.27. The molecule has 3 aromatic rings. The quantitative estimate of drug-likeness (QED) is 0.410. The molecule has 1 aliphatic rings. The lowest BCUT2D eigenvalue weighted by molar-refractivity contribution is 0.0736. The third-order valence-corrected chi connectivity index (χ3v) is 4.68. The van der Waals surface area contributed by atoms with Gasteiger partial charge in [0.05, 0.1) is 16.8 Å². The molecule has 0 saturated heterocycles. The van der Waals surface area contributed by atoms with Crippen LogP contribution in [0.15, 0.2) is 66.0 Å². The van der Waals surface area contributed by atoms with Gasteiger partial charge in [0.15, 0.2) is 5.75 Å². The number of imide groups is 1. The van der Waals surface area contributed by atoms with Crippen LogP contribution in [0.2, 0.25) is 0 Å². The fourth-order valence-electron chi connectivity index (χ4n) is 2.68. The van der Waals surface area contributed by atoms with Crippen LogP contribution >= 0.6 is 11.3 Å². The number of thiophene rings is 1. The molecule has 0 saturated carbocycles. The number of fused-ring (bicyclic) bond motifs is 1. The predicted octanol–water partition coefficient (Wildman–Crippen LogP) is 3.77. The first kappa shape index (κ1) is 15.3. The first-order valence-corrected chi connectivity index (χ1v) is 8.37. The molecule has 0 bridgehead atoms. The van der Waals surface area contributed by atoms with Crippen LogP contribution in [0.5, 0.6) is 5.75 Å². The van der Waals surface area contributed by atoms with Crippen LogP contribution in [0.3, 0.4) is 0 Å². The van der Waals surface area contributed by atoms with Crippen molar-refractivity contribution in [3.63, 3.8) is 0 Å². The van der Waals surface area contributed by atoms with Crippen molar-refractivity contribution in [1.29, 1.82) is 0 Å². The Morgan fingerprint density at radius 1 is 0.840 bits per heavy atom. The molecule has 0 fully saturated rings. The van der Waals surface area contributed by atoms with Gasteiger partial charge < -0.3 is 4.74 Å². The Hall–Kier alpha value is -3.25. The van der Waals surface area contributed by atoms with E-state index >= 15 is 0 Å². The van der Waals surface area contributed by atoms with Crippen LogP contribution in [0.25, 0.3) is 0 Å². The number of hydrogen-bond donors (Lipinski definition) is 0. The molecule has 2 amide bonds. The van der Waals surface area contributed by atoms with E-state index in [0.717, 1.165) is 4.90 Å². The molecule has 1 aliphatic heterocycles. The van der Waals surface area contributed by atoms with E-state index in [-0.39, 0.29) is 11.4 Å². The third-order valence-electron chi connectivity index (χ3n) is 3.83. The van der Waals surface area contributed by atoms with Crippen molar-refractivity contribution >= 4 is 34.8 Å². The summed E-state index contributed by atoms with van der Waals surface area (Å²) in [7, 11) is 0. The van der Waals surface area contributed by atoms with E-state index in [1.54, 1.807) is 66.0 Å². The number of nitrogens with zero attached hydrogens (tertiary/aromatic N) is 1. The van der Waals surface area contributed by atoms with Crippen LogP contribution in [0, 0.1) is 0 Å². The number of para-hydroxylation sites is 2. The van der Waals surface area contributed by atoms with Gasteiger partial charge in [0.2, 0.25) is 0 Å². The smallest absolute Gasteiger partial charge is 0.353 e. The van der Waals surface area contributed by atoms with E-state index < -0.39 is 17.8 Å². The summed E-state index contributed by atoms with van der Waals surface area (Å²) in [5.41, 5.74) is 0.928. The van der Waals surface area contributed by atoms with Gasteiger partial charge in [-0.25, -0.2) is 9.69 Å². The van der Waals surface area contributed by atoms with Crippen LogP contribution in [-0.2, 0) is 0 Å². The molecule has 0 aliphatic carbocycles. The summed E-state index contributed by atoms with van der Waals surface area (Å²) in [5.74, 6) is -1.23. The number of rotatable bonds is 3. The number of esters is 1. The summed E-state index contributed by atoms with van der Waals surface area (Å²) in [4.78, 5) is 39.0. The molecule has 25 heavy (non-hydrogen) atoms. The zero-order chi connectivity index (χ0) is 17.4. The maximum atomic E-state index is 12.6. The van der Waals surface area contributed by atoms with Crippen molar-refractivity contribution in [1.82, 2.24) is 0 Å². The van der Waals surface area contributed by atoms with Gasteiger partial charge in [-0.2, -0.15) is 0 Å². The molecule has 0 atom stereocenters. The highest BCUT2D eigenvalue weighted by atomic mass is 32.1. The molecular formula is C19H11NO4S. The van der Waals surface area contributed by atoms with Crippen LogP contribution < -0.4 is 9.64 Å². The van der Waals surface area contributed by atoms with Crippen LogP contribution in [0.1, 0.15) is 30.4 Å². The topological polar surface area (TPSA) is 63.7 Å². The van der Waals surface area contributed by atoms with Gasteiger partial charge in [-0.05, 0) is 35.7 Å². The van der Waals surface area contributed by atoms with Crippen molar-refractivity contribution in [2.24, 2.45) is 0 Å². The maximum Gasteiger partial charge on any atom is 0.353 e. The number of benzene rings is 2. The zero-order valence-corrected chi connectivity index (χ0v) is 13.7. The highest BCUT2D eigenvalue weighted by molar-refractivity contribution is 7.12. The Kier molecular flexibility index (Phi) is 3.66. The van der Waals surface area contributed by atoms with Crippen molar-refractivity contribution in [2.75, 3.05) is 4.90 Å². The van der Waals surface area contributed by atoms with Gasteiger partial charge >= 0.3 is 5.97 Å². The van der Waals surface area contributed by atoms with E-state index in [0.29, 0.717) is 16.0 Å². The summed E-state index contributed by atoms with van der Waals surface area (Å²) in [6.07, 6.45) is 0. The molecular weight excluding hydrogens is 338 g/mol. The van der Waals surface area contributed by atoms with Crippen LogP contribution in [-0.4, -0.2) is 17.8 Å². The van der Waals surface area contributed by atoms with E-state index in [2.05, 4.69) is 0 Å². The number of anilines is 1. The normalized spacial score (nSPS) is 13.0. The average molecular weight is 349 g/mol. The second-order valence-electron chi connectivity index (χ2n) is 5.33. The fourth-order valence-corrected chi connectivity index (χ4v) is 3.28. The second kappa shape index (κ2) is 5.99. The SMILES string of the molecule is O=C(Oc1ccccc1N1C(=O)c2ccccc2C1=O)c1cccs1. The molecule has 6 heteroatoms. The minimum absolute atomic E-state index is 0.162. The molecule has 122 valence electrons. The van der Waals surface area contributed by atoms with Gasteiger partial charge in [0, 0.05) is 0 Å². The summed E-state index contributed by atoms with van der Waals surface area (Å²) in [6, 6.07) is 16.5. The Labute approximate surface area is 147 Å². The lowest BCUT2D eigenvalue weighted by atomic mass is 10.1. The maximum absolute atomic E-state index is 12.6. The molecule has 2 heterocycles. The number of amides is 2. The minimum Gasteiger partial charge on any atom is -0.420 e. The average Bonchev–Trinajstić information content (AvgIpc) is 3.25. The van der Waals surface area contributed by atoms with E-state index in [1.807, 2.05) is 0 Å². The Morgan fingerprint density at radius 2 is 1.48 bits per heavy atom. The lowest BCUT2D eigenvalue weighted by Crippen LogP contribution is -2.30. The van der Waals surface area contributed by atoms with Gasteiger partial charge in [-0.1, -0.05) is 30.3 Å². The van der Waals surface area contributed by atoms with Crippen molar-refractivity contribution in [3.8, 4) is 5.75 Å². The summed E-state index contributed by atoms with van der Waals surface area (Å²) in [5, 5.41) is 1.77. The zero-order valence-electron chi connectivity index (χ0n) is 12.8. The van der Waals surface area contributed by atoms with E-state index in [9.17, 15) is 14.4 Å². The van der Waals surface area contributed by atoms with Gasteiger partial charge in [-0.15, -0.1) is 11.3 Å². The Balaban J connectivity index is 1.72. The Morgan fingerprint density at radius 3 is 2.12 bits per heavy atom. The van der Waals surface area contributed by atoms with Crippen molar-refractivity contribution in [3.05, 3.63) is 82.0 Å². The molecule has 0 unspecified atom stereocenters. The molecule has 0 N–H and O–H groups in total. The highest BCUT2D eigenvalue weighted by Crippen LogP contribution is 2.35. The standard InChI is InChI=1S/C19H11NO4S/c21-17-12-6-1-2-7-13(12)18(22)20(17)14-8-3-4-9-15(14)24-19(23)16-10-5-11-25-16/h1-11H. The van der Waals surface area contributed by atoms with Crippen LogP contribution in [0.4, 0.5) is 5.69 Å². The fraction of sp³-hybridized carbons (Fsp3) is 0. The summed E-state index contributed by atoms with van der Waals surface area (Å²) in [6.45, 7) is 0. The molecule has 1 aromatic heterocycles. The van der Waals surface area contributed by atoms with Gasteiger partial charge in [0.25, 0.3) is 11.8 Å². The largest absolute Gasteiger partial charge is 0.420 e. The first-order valence-electron chi connectivity index (χ1n) is 7.49. The third kappa shape index (κ3) is 2.53. The van der Waals surface area contributed by atoms with Gasteiger partial charge in [-0.3, -0.25) is 9.59 Å². The molecule has 0 spiro atoms. The highest BCUT2D eigenvalue weighted by Gasteiger charge is 2.37. The van der Waals surface area contributed by atoms with E-state index in [4.69, 9.17) is 4.74 Å². The minimum atomic E-state index is -0.529. The molecule has 2 aromatic carbocycles. The predicted molar refractivity (Wildman–Crippen MR) is 93.3 cm³/mol. The number of hydrogen-bond acceptors (Lipinski definition) is 5. The molecule has 4 rings (SSSR count). The molecule has 0 radical (unpaired) electrons. The number of carbonyl (C=O) groups excluding carboxylic acids is 3. The van der Waals surface area contributed by atoms with Crippen molar-refractivity contribution < 1.29 is 19.1 Å². The van der Waals surface area contributed by atoms with E-state index in [1.165, 1.54) is 11.3 Å². The summed E-state index contributed by atoms with van der Waals surface area (Å²) >= 11 is 1.26. The number of ether oxygens (including phenoxy) is 1. The molecule has 5 nitrogen and oxygen atoms in total. The first-order chi connectivity index (χ1) is 12.2.